The van der Waals surface area contributed by atoms with Crippen LogP contribution in [0, 0.1) is 18.3 Å². The van der Waals surface area contributed by atoms with Crippen molar-refractivity contribution < 1.29 is 19.0 Å². The van der Waals surface area contributed by atoms with Gasteiger partial charge in [-0.1, -0.05) is 17.7 Å². The van der Waals surface area contributed by atoms with Gasteiger partial charge < -0.3 is 19.9 Å². The third kappa shape index (κ3) is 3.68. The number of anilines is 1. The number of nitrogens with zero attached hydrogens (tertiary/aromatic N) is 2. The normalized spacial score (nSPS) is 18.1. The minimum atomic E-state index is -0.617. The summed E-state index contributed by atoms with van der Waals surface area (Å²) in [6.07, 6.45) is 1.85. The fourth-order valence-corrected chi connectivity index (χ4v) is 4.68. The molecule has 0 bridgehead atoms. The second-order valence-corrected chi connectivity index (χ2v) is 8.11. The van der Waals surface area contributed by atoms with Crippen LogP contribution in [0.1, 0.15) is 36.3 Å². The molecule has 2 aromatic carbocycles. The molecule has 0 spiro atoms. The maximum absolute atomic E-state index is 13.3. The van der Waals surface area contributed by atoms with E-state index in [1.54, 1.807) is 12.1 Å². The lowest BCUT2D eigenvalue weighted by Gasteiger charge is -2.39. The van der Waals surface area contributed by atoms with Crippen LogP contribution in [0.2, 0.25) is 0 Å². The Morgan fingerprint density at radius 1 is 1.03 bits per heavy atom. The molecule has 0 radical (unpaired) electrons. The predicted molar refractivity (Wildman–Crippen MR) is 125 cm³/mol. The van der Waals surface area contributed by atoms with Crippen molar-refractivity contribution in [3.8, 4) is 23.3 Å². The van der Waals surface area contributed by atoms with Crippen molar-refractivity contribution in [3.63, 3.8) is 0 Å². The van der Waals surface area contributed by atoms with Crippen LogP contribution in [0.5, 0.6) is 17.2 Å². The van der Waals surface area contributed by atoms with E-state index in [0.717, 1.165) is 23.4 Å². The van der Waals surface area contributed by atoms with E-state index in [2.05, 4.69) is 6.07 Å². The molecular formula is C26H27N3O4. The molecule has 0 saturated carbocycles. The van der Waals surface area contributed by atoms with E-state index in [-0.39, 0.29) is 5.78 Å². The molecule has 0 fully saturated rings. The van der Waals surface area contributed by atoms with E-state index in [4.69, 9.17) is 19.9 Å². The van der Waals surface area contributed by atoms with Gasteiger partial charge in [-0.3, -0.25) is 9.69 Å². The quantitative estimate of drug-likeness (QED) is 0.732. The van der Waals surface area contributed by atoms with Gasteiger partial charge in [0.2, 0.25) is 5.75 Å². The van der Waals surface area contributed by atoms with E-state index in [9.17, 15) is 10.1 Å². The van der Waals surface area contributed by atoms with Crippen molar-refractivity contribution >= 4 is 11.5 Å². The zero-order valence-electron chi connectivity index (χ0n) is 19.3. The molecule has 1 heterocycles. The maximum Gasteiger partial charge on any atom is 0.203 e. The average molecular weight is 446 g/mol. The van der Waals surface area contributed by atoms with Crippen molar-refractivity contribution in [1.29, 1.82) is 5.26 Å². The first-order valence-corrected chi connectivity index (χ1v) is 10.8. The molecule has 170 valence electrons. The molecule has 7 nitrogen and oxygen atoms in total. The topological polar surface area (TPSA) is 97.8 Å². The molecule has 0 aromatic heterocycles. The number of carbonyl (C=O) groups is 1. The smallest absolute Gasteiger partial charge is 0.203 e. The Hall–Kier alpha value is -3.92. The Morgan fingerprint density at radius 2 is 1.67 bits per heavy atom. The summed E-state index contributed by atoms with van der Waals surface area (Å²) in [5.74, 6) is 1.08. The van der Waals surface area contributed by atoms with Gasteiger partial charge in [-0.2, -0.15) is 5.26 Å². The monoisotopic (exact) mass is 445 g/mol. The average Bonchev–Trinajstić information content (AvgIpc) is 2.83. The number of rotatable bonds is 5. The number of nitriles is 1. The Labute approximate surface area is 193 Å². The van der Waals surface area contributed by atoms with E-state index in [0.29, 0.717) is 52.6 Å². The molecule has 7 heteroatoms. The summed E-state index contributed by atoms with van der Waals surface area (Å²) in [6, 6.07) is 13.7. The van der Waals surface area contributed by atoms with Gasteiger partial charge in [-0.25, -0.2) is 0 Å². The van der Waals surface area contributed by atoms with Gasteiger partial charge in [-0.15, -0.1) is 0 Å². The molecule has 4 rings (SSSR count). The summed E-state index contributed by atoms with van der Waals surface area (Å²) in [6.45, 7) is 2.01. The Balaban J connectivity index is 1.98. The Kier molecular flexibility index (Phi) is 6.01. The minimum Gasteiger partial charge on any atom is -0.493 e. The van der Waals surface area contributed by atoms with E-state index >= 15 is 0 Å². The third-order valence-corrected chi connectivity index (χ3v) is 6.23. The van der Waals surface area contributed by atoms with Gasteiger partial charge in [0.1, 0.15) is 5.82 Å². The number of methoxy groups -OCH3 is 3. The van der Waals surface area contributed by atoms with Crippen molar-refractivity contribution in [2.24, 2.45) is 5.73 Å². The molecule has 0 unspecified atom stereocenters. The van der Waals surface area contributed by atoms with Crippen molar-refractivity contribution in [2.45, 2.75) is 32.1 Å². The highest BCUT2D eigenvalue weighted by molar-refractivity contribution is 6.01. The van der Waals surface area contributed by atoms with E-state index in [1.807, 2.05) is 36.1 Å². The van der Waals surface area contributed by atoms with Gasteiger partial charge in [0.25, 0.3) is 0 Å². The number of hydrogen-bond acceptors (Lipinski definition) is 7. The fourth-order valence-electron chi connectivity index (χ4n) is 4.68. The minimum absolute atomic E-state index is 0.0207. The van der Waals surface area contributed by atoms with Crippen LogP contribution in [0.25, 0.3) is 0 Å². The lowest BCUT2D eigenvalue weighted by Crippen LogP contribution is -2.38. The third-order valence-electron chi connectivity index (χ3n) is 6.23. The molecule has 2 N–H and O–H groups in total. The summed E-state index contributed by atoms with van der Waals surface area (Å²) in [7, 11) is 4.60. The largest absolute Gasteiger partial charge is 0.493 e. The van der Waals surface area contributed by atoms with Crippen molar-refractivity contribution in [2.75, 3.05) is 26.2 Å². The standard InChI is InChI=1S/C26H27N3O4/c1-15-8-10-17(11-9-15)29-19-6-5-7-20(30)24(19)23(18(14-27)26(29)28)16-12-21(31-2)25(33-4)22(13-16)32-3/h8-13,23H,5-7,28H2,1-4H3/t23-/m0/s1. The van der Waals surface area contributed by atoms with Gasteiger partial charge >= 0.3 is 0 Å². The van der Waals surface area contributed by atoms with Crippen molar-refractivity contribution in [3.05, 3.63) is 70.2 Å². The van der Waals surface area contributed by atoms with Gasteiger partial charge in [0.15, 0.2) is 17.3 Å². The highest BCUT2D eigenvalue weighted by Gasteiger charge is 2.41. The Morgan fingerprint density at radius 3 is 2.21 bits per heavy atom. The van der Waals surface area contributed by atoms with E-state index < -0.39 is 5.92 Å². The lowest BCUT2D eigenvalue weighted by molar-refractivity contribution is -0.116. The number of ether oxygens (including phenoxy) is 3. The number of Topliss-reactive ketones (excluding diaryl/α,β-unsaturated/α-hetero) is 1. The van der Waals surface area contributed by atoms with E-state index in [1.165, 1.54) is 21.3 Å². The number of allylic oxidation sites excluding steroid dienone is 3. The highest BCUT2D eigenvalue weighted by atomic mass is 16.5. The van der Waals surface area contributed by atoms with Crippen LogP contribution in [0.3, 0.4) is 0 Å². The lowest BCUT2D eigenvalue weighted by atomic mass is 9.75. The van der Waals surface area contributed by atoms with Crippen LogP contribution in [0.4, 0.5) is 5.69 Å². The molecule has 2 aromatic rings. The number of ketones is 1. The summed E-state index contributed by atoms with van der Waals surface area (Å²) in [5, 5.41) is 10.2. The van der Waals surface area contributed by atoms with Crippen LogP contribution >= 0.6 is 0 Å². The summed E-state index contributed by atoms with van der Waals surface area (Å²) in [5.41, 5.74) is 11.0. The maximum atomic E-state index is 13.3. The zero-order valence-corrected chi connectivity index (χ0v) is 19.3. The summed E-state index contributed by atoms with van der Waals surface area (Å²) in [4.78, 5) is 15.2. The molecular weight excluding hydrogens is 418 g/mol. The van der Waals surface area contributed by atoms with Gasteiger partial charge in [0, 0.05) is 23.4 Å². The van der Waals surface area contributed by atoms with Crippen LogP contribution < -0.4 is 24.8 Å². The summed E-state index contributed by atoms with van der Waals surface area (Å²) >= 11 is 0. The molecule has 33 heavy (non-hydrogen) atoms. The van der Waals surface area contributed by atoms with Gasteiger partial charge in [-0.05, 0) is 49.6 Å². The predicted octanol–water partition coefficient (Wildman–Crippen LogP) is 4.33. The number of carbonyl (C=O) groups excluding carboxylic acids is 1. The Bertz CT molecular complexity index is 1180. The highest BCUT2D eigenvalue weighted by Crippen LogP contribution is 2.49. The molecule has 0 amide bonds. The molecule has 0 saturated heterocycles. The molecule has 1 atom stereocenters. The SMILES string of the molecule is COc1cc([C@H]2C(C#N)=C(N)N(c3ccc(C)cc3)C3=C2C(=O)CCC3)cc(OC)c1OC. The van der Waals surface area contributed by atoms with Crippen molar-refractivity contribution in [1.82, 2.24) is 0 Å². The first kappa shape index (κ1) is 22.3. The summed E-state index contributed by atoms with van der Waals surface area (Å²) < 4.78 is 16.5. The number of nitrogens with two attached hydrogens (primary N) is 1. The van der Waals surface area contributed by atoms with Crippen LogP contribution in [0.15, 0.2) is 59.1 Å². The number of benzene rings is 2. The first-order chi connectivity index (χ1) is 15.9. The van der Waals surface area contributed by atoms with Crippen LogP contribution in [-0.2, 0) is 4.79 Å². The molecule has 2 aliphatic rings. The van der Waals surface area contributed by atoms with Gasteiger partial charge in [0.05, 0.1) is 38.9 Å². The first-order valence-electron chi connectivity index (χ1n) is 10.8. The number of aryl methyl sites for hydroxylation is 1. The molecule has 1 aliphatic heterocycles. The second kappa shape index (κ2) is 8.91. The fraction of sp³-hybridized carbons (Fsp3) is 0.308. The number of hydrogen-bond donors (Lipinski definition) is 1. The molecule has 1 aliphatic carbocycles. The van der Waals surface area contributed by atoms with Crippen LogP contribution in [-0.4, -0.2) is 27.1 Å². The second-order valence-electron chi connectivity index (χ2n) is 8.11. The zero-order chi connectivity index (χ0) is 23.7.